The Balaban J connectivity index is 1.91. The smallest absolute Gasteiger partial charge is 0.341 e. The minimum atomic E-state index is -0.690. The van der Waals surface area contributed by atoms with Gasteiger partial charge in [-0.2, -0.15) is 0 Å². The number of fused-ring (bicyclic) bond motifs is 1. The molecule has 0 fully saturated rings. The van der Waals surface area contributed by atoms with Gasteiger partial charge in [-0.25, -0.2) is 4.79 Å². The predicted octanol–water partition coefficient (Wildman–Crippen LogP) is 4.02. The van der Waals surface area contributed by atoms with E-state index in [2.05, 4.69) is 5.32 Å². The van der Waals surface area contributed by atoms with Crippen molar-refractivity contribution in [1.82, 2.24) is 0 Å². The average molecular weight is 392 g/mol. The number of carbonyl (C=O) groups excluding carboxylic acids is 2. The number of hydrogen-bond donors (Lipinski definition) is 2. The van der Waals surface area contributed by atoms with Gasteiger partial charge in [0.2, 0.25) is 5.91 Å². The summed E-state index contributed by atoms with van der Waals surface area (Å²) in [7, 11) is 0. The Labute approximate surface area is 160 Å². The van der Waals surface area contributed by atoms with Crippen LogP contribution in [0.25, 0.3) is 0 Å². The van der Waals surface area contributed by atoms with Crippen molar-refractivity contribution in [2.45, 2.75) is 42.9 Å². The maximum Gasteiger partial charge on any atom is 0.341 e. The van der Waals surface area contributed by atoms with Gasteiger partial charge in [-0.1, -0.05) is 18.2 Å². The van der Waals surface area contributed by atoms with Gasteiger partial charge in [-0.3, -0.25) is 4.79 Å². The SMILES string of the molecule is CCOC(=O)c1c(NC(C)=O)sc2c1CC[C@@H](Sc1ccccc1)[C@@H]2O. The highest BCUT2D eigenvalue weighted by molar-refractivity contribution is 8.00. The first kappa shape index (κ1) is 18.9. The second-order valence-electron chi connectivity index (χ2n) is 6.00. The quantitative estimate of drug-likeness (QED) is 0.753. The summed E-state index contributed by atoms with van der Waals surface area (Å²) in [4.78, 5) is 25.8. The highest BCUT2D eigenvalue weighted by Gasteiger charge is 2.36. The largest absolute Gasteiger partial charge is 0.462 e. The summed E-state index contributed by atoms with van der Waals surface area (Å²) in [5.74, 6) is -0.700. The van der Waals surface area contributed by atoms with Crippen LogP contribution in [0.15, 0.2) is 35.2 Å². The number of thioether (sulfide) groups is 1. The number of carbonyl (C=O) groups is 2. The summed E-state index contributed by atoms with van der Waals surface area (Å²) in [5, 5.41) is 14.1. The molecule has 1 aliphatic rings. The summed E-state index contributed by atoms with van der Waals surface area (Å²) < 4.78 is 5.16. The molecule has 0 radical (unpaired) electrons. The van der Waals surface area contributed by atoms with Gasteiger partial charge >= 0.3 is 5.97 Å². The molecule has 0 saturated heterocycles. The molecule has 3 rings (SSSR count). The molecule has 0 bridgehead atoms. The second kappa shape index (κ2) is 8.24. The van der Waals surface area contributed by atoms with Crippen LogP contribution in [-0.2, 0) is 16.0 Å². The molecular weight excluding hydrogens is 370 g/mol. The number of hydrogen-bond acceptors (Lipinski definition) is 6. The van der Waals surface area contributed by atoms with Crippen molar-refractivity contribution in [1.29, 1.82) is 0 Å². The van der Waals surface area contributed by atoms with Crippen molar-refractivity contribution in [3.63, 3.8) is 0 Å². The van der Waals surface area contributed by atoms with Crippen molar-refractivity contribution in [3.8, 4) is 0 Å². The van der Waals surface area contributed by atoms with E-state index in [-0.39, 0.29) is 17.8 Å². The number of aliphatic hydroxyl groups is 1. The molecule has 1 amide bonds. The van der Waals surface area contributed by atoms with Gasteiger partial charge in [0.25, 0.3) is 0 Å². The number of nitrogens with one attached hydrogen (secondary N) is 1. The van der Waals surface area contributed by atoms with Crippen molar-refractivity contribution in [2.24, 2.45) is 0 Å². The standard InChI is InChI=1S/C19H21NO4S2/c1-3-24-19(23)15-13-9-10-14(25-12-7-5-4-6-8-12)16(22)17(13)26-18(15)20-11(2)21/h4-8,14,16,22H,3,9-10H2,1-2H3,(H,20,21)/t14-,16+/m1/s1. The van der Waals surface area contributed by atoms with Gasteiger partial charge in [0.1, 0.15) is 11.1 Å². The van der Waals surface area contributed by atoms with Crippen LogP contribution in [0, 0.1) is 0 Å². The fraction of sp³-hybridized carbons (Fsp3) is 0.368. The molecule has 0 saturated carbocycles. The maximum absolute atomic E-state index is 12.4. The van der Waals surface area contributed by atoms with Gasteiger partial charge in [0, 0.05) is 21.9 Å². The van der Waals surface area contributed by atoms with Gasteiger partial charge in [-0.05, 0) is 37.5 Å². The van der Waals surface area contributed by atoms with Crippen molar-refractivity contribution in [3.05, 3.63) is 46.3 Å². The van der Waals surface area contributed by atoms with E-state index >= 15 is 0 Å². The van der Waals surface area contributed by atoms with Crippen molar-refractivity contribution < 1.29 is 19.4 Å². The number of amides is 1. The lowest BCUT2D eigenvalue weighted by Gasteiger charge is -2.27. The summed E-state index contributed by atoms with van der Waals surface area (Å²) >= 11 is 2.91. The summed E-state index contributed by atoms with van der Waals surface area (Å²) in [6, 6.07) is 9.95. The van der Waals surface area contributed by atoms with E-state index in [4.69, 9.17) is 4.74 Å². The van der Waals surface area contributed by atoms with Crippen LogP contribution in [0.1, 0.15) is 47.2 Å². The molecule has 1 aromatic heterocycles. The van der Waals surface area contributed by atoms with E-state index in [0.29, 0.717) is 17.0 Å². The minimum absolute atomic E-state index is 0.00349. The summed E-state index contributed by atoms with van der Waals surface area (Å²) in [6.07, 6.45) is 0.724. The molecule has 2 N–H and O–H groups in total. The Morgan fingerprint density at radius 3 is 2.73 bits per heavy atom. The van der Waals surface area contributed by atoms with Crippen LogP contribution < -0.4 is 5.32 Å². The first-order valence-corrected chi connectivity index (χ1v) is 10.2. The monoisotopic (exact) mass is 391 g/mol. The molecule has 7 heteroatoms. The lowest BCUT2D eigenvalue weighted by Crippen LogP contribution is -2.22. The fourth-order valence-electron chi connectivity index (χ4n) is 3.05. The molecule has 1 aliphatic carbocycles. The molecule has 2 atom stereocenters. The highest BCUT2D eigenvalue weighted by atomic mass is 32.2. The second-order valence-corrected chi connectivity index (χ2v) is 8.37. The Morgan fingerprint density at radius 1 is 1.35 bits per heavy atom. The molecule has 138 valence electrons. The topological polar surface area (TPSA) is 75.6 Å². The number of rotatable bonds is 5. The lowest BCUT2D eigenvalue weighted by molar-refractivity contribution is -0.114. The molecule has 0 spiro atoms. The van der Waals surface area contributed by atoms with E-state index in [1.165, 1.54) is 18.3 Å². The van der Waals surface area contributed by atoms with E-state index < -0.39 is 12.1 Å². The molecule has 1 aromatic carbocycles. The number of anilines is 1. The normalized spacial score (nSPS) is 18.9. The molecule has 0 unspecified atom stereocenters. The Bertz CT molecular complexity index is 803. The molecule has 1 heterocycles. The number of aliphatic hydroxyl groups excluding tert-OH is 1. The van der Waals surface area contributed by atoms with Gasteiger partial charge in [-0.15, -0.1) is 23.1 Å². The Kier molecular flexibility index (Phi) is 6.01. The number of ether oxygens (including phenoxy) is 1. The molecule has 2 aromatic rings. The summed E-state index contributed by atoms with van der Waals surface area (Å²) in [5.41, 5.74) is 1.19. The van der Waals surface area contributed by atoms with Crippen LogP contribution in [0.2, 0.25) is 0 Å². The summed E-state index contributed by atoms with van der Waals surface area (Å²) in [6.45, 7) is 3.41. The van der Waals surface area contributed by atoms with Crippen LogP contribution in [-0.4, -0.2) is 28.8 Å². The zero-order valence-electron chi connectivity index (χ0n) is 14.7. The third-order valence-corrected chi connectivity index (χ3v) is 6.70. The fourth-order valence-corrected chi connectivity index (χ4v) is 5.63. The van der Waals surface area contributed by atoms with Crippen LogP contribution >= 0.6 is 23.1 Å². The third-order valence-electron chi connectivity index (χ3n) is 4.14. The van der Waals surface area contributed by atoms with Crippen molar-refractivity contribution >= 4 is 40.0 Å². The first-order valence-electron chi connectivity index (χ1n) is 8.51. The van der Waals surface area contributed by atoms with E-state index in [1.807, 2.05) is 30.3 Å². The minimum Gasteiger partial charge on any atom is -0.462 e. The van der Waals surface area contributed by atoms with Gasteiger partial charge in [0.05, 0.1) is 12.2 Å². The van der Waals surface area contributed by atoms with Gasteiger partial charge in [0.15, 0.2) is 0 Å². The number of esters is 1. The molecular formula is C19H21NO4S2. The predicted molar refractivity (Wildman–Crippen MR) is 104 cm³/mol. The van der Waals surface area contributed by atoms with E-state index in [9.17, 15) is 14.7 Å². The van der Waals surface area contributed by atoms with Crippen LogP contribution in [0.5, 0.6) is 0 Å². The third kappa shape index (κ3) is 3.95. The number of thiophene rings is 1. The zero-order valence-corrected chi connectivity index (χ0v) is 16.3. The first-order chi connectivity index (χ1) is 12.5. The molecule has 26 heavy (non-hydrogen) atoms. The van der Waals surface area contributed by atoms with E-state index in [0.717, 1.165) is 21.8 Å². The number of benzene rings is 1. The lowest BCUT2D eigenvalue weighted by atomic mass is 9.93. The van der Waals surface area contributed by atoms with Crippen molar-refractivity contribution in [2.75, 3.05) is 11.9 Å². The molecule has 5 nitrogen and oxygen atoms in total. The molecule has 0 aliphatic heterocycles. The van der Waals surface area contributed by atoms with Crippen LogP contribution in [0.4, 0.5) is 5.00 Å². The average Bonchev–Trinajstić information content (AvgIpc) is 2.97. The highest BCUT2D eigenvalue weighted by Crippen LogP contribution is 2.47. The zero-order chi connectivity index (χ0) is 18.7. The van der Waals surface area contributed by atoms with Crippen LogP contribution in [0.3, 0.4) is 0 Å². The Hall–Kier alpha value is -1.83. The van der Waals surface area contributed by atoms with Gasteiger partial charge < -0.3 is 15.2 Å². The Morgan fingerprint density at radius 2 is 2.08 bits per heavy atom. The maximum atomic E-state index is 12.4. The van der Waals surface area contributed by atoms with E-state index in [1.54, 1.807) is 18.7 Å².